The first kappa shape index (κ1) is 22.3. The summed E-state index contributed by atoms with van der Waals surface area (Å²) in [5.74, 6) is 3.05. The molecule has 0 aliphatic carbocycles. The van der Waals surface area contributed by atoms with Crippen LogP contribution in [-0.4, -0.2) is 28.2 Å². The summed E-state index contributed by atoms with van der Waals surface area (Å²) in [4.78, 5) is 11.5. The molecule has 0 spiro atoms. The van der Waals surface area contributed by atoms with Crippen molar-refractivity contribution in [1.29, 1.82) is 0 Å². The van der Waals surface area contributed by atoms with Gasteiger partial charge in [0.25, 0.3) is 0 Å². The molecule has 4 rings (SSSR count). The van der Waals surface area contributed by atoms with Gasteiger partial charge in [0.2, 0.25) is 11.8 Å². The number of rotatable bonds is 6. The van der Waals surface area contributed by atoms with Gasteiger partial charge in [0.15, 0.2) is 5.11 Å². The van der Waals surface area contributed by atoms with E-state index in [4.69, 9.17) is 33.5 Å². The number of nitrogens with zero attached hydrogens (tertiary/aromatic N) is 3. The Morgan fingerprint density at radius 1 is 1.16 bits per heavy atom. The molecule has 32 heavy (non-hydrogen) atoms. The number of para-hydroxylation sites is 1. The molecule has 0 amide bonds. The predicted molar refractivity (Wildman–Crippen MR) is 134 cm³/mol. The SMILES string of the molecule is C[C@H]1CCCN(c2cc(Oc3ccccc3)nc(NC(=S)NCc3ccc(Cl)cc3)n2)C1. The average molecular weight is 468 g/mol. The first-order valence-corrected chi connectivity index (χ1v) is 11.5. The standard InChI is InChI=1S/C24H26ClN5OS/c1-17-6-5-13-30(16-17)21-14-22(31-20-7-3-2-4-8-20)28-23(27-21)29-24(32)26-15-18-9-11-19(25)12-10-18/h2-4,7-12,14,17H,5-6,13,15-16H2,1H3,(H2,26,27,28,29,32)/t17-/m0/s1. The number of hydrogen-bond donors (Lipinski definition) is 2. The monoisotopic (exact) mass is 467 g/mol. The fraction of sp³-hybridized carbons (Fsp3) is 0.292. The van der Waals surface area contributed by atoms with E-state index < -0.39 is 0 Å². The summed E-state index contributed by atoms with van der Waals surface area (Å²) in [5.41, 5.74) is 1.07. The summed E-state index contributed by atoms with van der Waals surface area (Å²) < 4.78 is 6.01. The van der Waals surface area contributed by atoms with Gasteiger partial charge in [-0.1, -0.05) is 48.9 Å². The van der Waals surface area contributed by atoms with E-state index in [1.807, 2.05) is 60.7 Å². The zero-order chi connectivity index (χ0) is 22.3. The van der Waals surface area contributed by atoms with E-state index in [1.165, 1.54) is 6.42 Å². The largest absolute Gasteiger partial charge is 0.439 e. The van der Waals surface area contributed by atoms with E-state index in [0.717, 1.165) is 36.6 Å². The lowest BCUT2D eigenvalue weighted by atomic mass is 10.0. The van der Waals surface area contributed by atoms with Gasteiger partial charge in [-0.2, -0.15) is 9.97 Å². The highest BCUT2D eigenvalue weighted by molar-refractivity contribution is 7.80. The predicted octanol–water partition coefficient (Wildman–Crippen LogP) is 5.65. The third-order valence-corrected chi connectivity index (χ3v) is 5.73. The van der Waals surface area contributed by atoms with Crippen LogP contribution in [0.4, 0.5) is 11.8 Å². The lowest BCUT2D eigenvalue weighted by Gasteiger charge is -2.32. The van der Waals surface area contributed by atoms with Crippen LogP contribution in [0.15, 0.2) is 60.7 Å². The molecule has 1 aromatic heterocycles. The zero-order valence-electron chi connectivity index (χ0n) is 17.9. The van der Waals surface area contributed by atoms with Crippen LogP contribution in [0.5, 0.6) is 11.6 Å². The van der Waals surface area contributed by atoms with Crippen LogP contribution in [-0.2, 0) is 6.54 Å². The Labute approximate surface area is 199 Å². The topological polar surface area (TPSA) is 62.3 Å². The van der Waals surface area contributed by atoms with Gasteiger partial charge in [-0.05, 0) is 60.8 Å². The van der Waals surface area contributed by atoms with E-state index >= 15 is 0 Å². The van der Waals surface area contributed by atoms with Crippen molar-refractivity contribution in [2.45, 2.75) is 26.3 Å². The molecule has 2 heterocycles. The van der Waals surface area contributed by atoms with E-state index in [-0.39, 0.29) is 0 Å². The van der Waals surface area contributed by atoms with Crippen molar-refractivity contribution in [2.24, 2.45) is 5.92 Å². The minimum absolute atomic E-state index is 0.403. The molecule has 1 aliphatic rings. The lowest BCUT2D eigenvalue weighted by Crippen LogP contribution is -2.35. The van der Waals surface area contributed by atoms with Crippen LogP contribution in [0.3, 0.4) is 0 Å². The van der Waals surface area contributed by atoms with Crippen LogP contribution in [0.1, 0.15) is 25.3 Å². The minimum atomic E-state index is 0.403. The summed E-state index contributed by atoms with van der Waals surface area (Å²) in [7, 11) is 0. The number of hydrogen-bond acceptors (Lipinski definition) is 5. The van der Waals surface area contributed by atoms with Gasteiger partial charge in [-0.15, -0.1) is 0 Å². The highest BCUT2D eigenvalue weighted by Crippen LogP contribution is 2.27. The third kappa shape index (κ3) is 6.31. The van der Waals surface area contributed by atoms with E-state index in [9.17, 15) is 0 Å². The second-order valence-corrected chi connectivity index (χ2v) is 8.78. The molecule has 8 heteroatoms. The molecule has 0 unspecified atom stereocenters. The summed E-state index contributed by atoms with van der Waals surface area (Å²) >= 11 is 11.4. The summed E-state index contributed by atoms with van der Waals surface area (Å²) in [6, 6.07) is 19.1. The lowest BCUT2D eigenvalue weighted by molar-refractivity contribution is 0.440. The molecule has 3 aromatic rings. The number of ether oxygens (including phenoxy) is 1. The van der Waals surface area contributed by atoms with Crippen molar-refractivity contribution >= 4 is 40.7 Å². The Morgan fingerprint density at radius 2 is 1.94 bits per heavy atom. The molecular weight excluding hydrogens is 442 g/mol. The Bertz CT molecular complexity index is 1050. The van der Waals surface area contributed by atoms with Gasteiger partial charge in [0, 0.05) is 30.7 Å². The van der Waals surface area contributed by atoms with Crippen molar-refractivity contribution in [1.82, 2.24) is 15.3 Å². The van der Waals surface area contributed by atoms with Gasteiger partial charge >= 0.3 is 0 Å². The number of benzene rings is 2. The summed E-state index contributed by atoms with van der Waals surface area (Å²) in [6.07, 6.45) is 2.38. The average Bonchev–Trinajstić information content (AvgIpc) is 2.79. The normalized spacial score (nSPS) is 15.8. The zero-order valence-corrected chi connectivity index (χ0v) is 19.5. The molecule has 1 aliphatic heterocycles. The molecule has 166 valence electrons. The van der Waals surface area contributed by atoms with Crippen molar-refractivity contribution in [3.8, 4) is 11.6 Å². The molecule has 0 radical (unpaired) electrons. The highest BCUT2D eigenvalue weighted by Gasteiger charge is 2.20. The first-order chi connectivity index (χ1) is 15.5. The molecule has 2 aromatic carbocycles. The Balaban J connectivity index is 1.50. The highest BCUT2D eigenvalue weighted by atomic mass is 35.5. The van der Waals surface area contributed by atoms with E-state index in [1.54, 1.807) is 0 Å². The fourth-order valence-corrected chi connectivity index (χ4v) is 3.91. The smallest absolute Gasteiger partial charge is 0.234 e. The van der Waals surface area contributed by atoms with Gasteiger partial charge in [0.05, 0.1) is 0 Å². The van der Waals surface area contributed by atoms with Crippen LogP contribution in [0.25, 0.3) is 0 Å². The second kappa shape index (κ2) is 10.6. The summed E-state index contributed by atoms with van der Waals surface area (Å²) in [6.45, 7) is 4.76. The number of piperidine rings is 1. The van der Waals surface area contributed by atoms with Crippen molar-refractivity contribution in [2.75, 3.05) is 23.3 Å². The molecule has 0 saturated carbocycles. The molecule has 2 N–H and O–H groups in total. The van der Waals surface area contributed by atoms with Crippen molar-refractivity contribution in [3.63, 3.8) is 0 Å². The molecule has 0 bridgehead atoms. The maximum absolute atomic E-state index is 6.01. The van der Waals surface area contributed by atoms with Crippen LogP contribution in [0, 0.1) is 5.92 Å². The van der Waals surface area contributed by atoms with Crippen molar-refractivity contribution < 1.29 is 4.74 Å². The van der Waals surface area contributed by atoms with Crippen LogP contribution < -0.4 is 20.3 Å². The van der Waals surface area contributed by atoms with Gasteiger partial charge in [-0.3, -0.25) is 0 Å². The first-order valence-electron chi connectivity index (χ1n) is 10.7. The maximum Gasteiger partial charge on any atom is 0.234 e. The van der Waals surface area contributed by atoms with Crippen molar-refractivity contribution in [3.05, 3.63) is 71.2 Å². The van der Waals surface area contributed by atoms with Crippen LogP contribution in [0.2, 0.25) is 5.02 Å². The summed E-state index contributed by atoms with van der Waals surface area (Å²) in [5, 5.41) is 7.44. The quantitative estimate of drug-likeness (QED) is 0.454. The van der Waals surface area contributed by atoms with Gasteiger partial charge in [-0.25, -0.2) is 0 Å². The van der Waals surface area contributed by atoms with Gasteiger partial charge < -0.3 is 20.3 Å². The molecule has 1 fully saturated rings. The second-order valence-electron chi connectivity index (χ2n) is 7.93. The number of anilines is 2. The number of halogens is 1. The maximum atomic E-state index is 6.01. The Hall–Kier alpha value is -2.90. The number of aromatic nitrogens is 2. The molecule has 6 nitrogen and oxygen atoms in total. The Kier molecular flexibility index (Phi) is 7.39. The Morgan fingerprint density at radius 3 is 2.69 bits per heavy atom. The number of thiocarbonyl (C=S) groups is 1. The van der Waals surface area contributed by atoms with Gasteiger partial charge in [0.1, 0.15) is 11.6 Å². The number of nitrogens with one attached hydrogen (secondary N) is 2. The molecule has 1 atom stereocenters. The van der Waals surface area contributed by atoms with Crippen LogP contribution >= 0.6 is 23.8 Å². The fourth-order valence-electron chi connectivity index (χ4n) is 3.62. The molecular formula is C24H26ClN5OS. The minimum Gasteiger partial charge on any atom is -0.439 e. The van der Waals surface area contributed by atoms with E-state index in [2.05, 4.69) is 27.4 Å². The van der Waals surface area contributed by atoms with E-state index in [0.29, 0.717) is 34.4 Å². The molecule has 1 saturated heterocycles. The third-order valence-electron chi connectivity index (χ3n) is 5.23.